The van der Waals surface area contributed by atoms with Gasteiger partial charge in [0, 0.05) is 57.5 Å². The zero-order valence-corrected chi connectivity index (χ0v) is 34.7. The van der Waals surface area contributed by atoms with Crippen molar-refractivity contribution in [2.45, 2.75) is 95.5 Å². The van der Waals surface area contributed by atoms with E-state index in [0.29, 0.717) is 18.4 Å². The number of rotatable bonds is 14. The summed E-state index contributed by atoms with van der Waals surface area (Å²) in [6.07, 6.45) is 0.0543. The summed E-state index contributed by atoms with van der Waals surface area (Å²) in [5.41, 5.74) is 6.14. The maximum absolute atomic E-state index is 14.1. The van der Waals surface area contributed by atoms with E-state index in [2.05, 4.69) is 21.3 Å². The van der Waals surface area contributed by atoms with E-state index in [9.17, 15) is 58.5 Å². The number of benzene rings is 2. The second-order valence-corrected chi connectivity index (χ2v) is 15.1. The van der Waals surface area contributed by atoms with Crippen molar-refractivity contribution in [3.05, 3.63) is 47.5 Å². The number of nitrogens with one attached hydrogen (secondary N) is 4. The Labute approximate surface area is 352 Å². The zero-order chi connectivity index (χ0) is 45.3. The van der Waals surface area contributed by atoms with Gasteiger partial charge in [-0.1, -0.05) is 19.1 Å². The number of likely N-dealkylation sites (N-methyl/N-ethyl adjacent to an activating group) is 2. The lowest BCUT2D eigenvalue weighted by Crippen LogP contribution is -2.56. The highest BCUT2D eigenvalue weighted by atomic mass is 16.3. The van der Waals surface area contributed by atoms with E-state index in [1.54, 1.807) is 6.92 Å². The molecule has 0 radical (unpaired) electrons. The smallest absolute Gasteiger partial charge is 0.248 e. The predicted molar refractivity (Wildman–Crippen MR) is 217 cm³/mol. The number of hydrogen-bond donors (Lipinski definition) is 8. The normalized spacial score (nSPS) is 19.9. The molecular weight excluding hydrogens is 796 g/mol. The fourth-order valence-corrected chi connectivity index (χ4v) is 7.23. The molecule has 2 aliphatic rings. The highest BCUT2D eigenvalue weighted by Gasteiger charge is 2.36. The number of nitrogens with two attached hydrogens (primary N) is 1. The summed E-state index contributed by atoms with van der Waals surface area (Å²) >= 11 is 0. The van der Waals surface area contributed by atoms with Gasteiger partial charge in [-0.05, 0) is 62.1 Å². The minimum atomic E-state index is -1.47. The van der Waals surface area contributed by atoms with Crippen molar-refractivity contribution in [2.75, 3.05) is 33.8 Å². The van der Waals surface area contributed by atoms with Gasteiger partial charge in [0.25, 0.3) is 0 Å². The highest BCUT2D eigenvalue weighted by molar-refractivity contribution is 5.97. The minimum Gasteiger partial charge on any atom is -0.507 e. The van der Waals surface area contributed by atoms with Crippen molar-refractivity contribution in [1.82, 2.24) is 36.0 Å². The summed E-state index contributed by atoms with van der Waals surface area (Å²) in [6.45, 7) is 3.40. The number of aliphatic hydroxyl groups excluding tert-OH is 1. The Morgan fingerprint density at radius 1 is 0.934 bits per heavy atom. The molecule has 2 aromatic rings. The molecule has 20 heteroatoms. The summed E-state index contributed by atoms with van der Waals surface area (Å²) in [6, 6.07) is 1.03. The number of aliphatic hydroxyl groups is 1. The molecule has 0 aliphatic carbocycles. The molecule has 2 aliphatic heterocycles. The molecule has 6 atom stereocenters. The van der Waals surface area contributed by atoms with Gasteiger partial charge in [0.2, 0.25) is 47.3 Å². The van der Waals surface area contributed by atoms with E-state index in [4.69, 9.17) is 5.73 Å². The fraction of sp³-hybridized carbons (Fsp3) is 0.488. The number of nitrogens with zero attached hydrogens (tertiary/aromatic N) is 3. The molecule has 1 saturated heterocycles. The first-order valence-corrected chi connectivity index (χ1v) is 19.9. The Hall–Kier alpha value is -6.57. The van der Waals surface area contributed by atoms with Crippen LogP contribution in [0.2, 0.25) is 0 Å². The van der Waals surface area contributed by atoms with Crippen molar-refractivity contribution >= 4 is 53.0 Å². The summed E-state index contributed by atoms with van der Waals surface area (Å²) in [4.78, 5) is 121. The van der Waals surface area contributed by atoms with E-state index in [1.165, 1.54) is 69.2 Å². The number of Topliss-reactive ketones (excluding diaryl/α,β-unsaturated/α-hetero) is 1. The molecule has 8 amide bonds. The fourth-order valence-electron chi connectivity index (χ4n) is 7.23. The number of aromatic hydroxyl groups is 2. The van der Waals surface area contributed by atoms with Crippen LogP contribution in [0.4, 0.5) is 0 Å². The highest BCUT2D eigenvalue weighted by Crippen LogP contribution is 2.39. The number of carbonyl (C=O) groups is 9. The molecule has 4 bridgehead atoms. The van der Waals surface area contributed by atoms with Gasteiger partial charge in [-0.25, -0.2) is 0 Å². The molecule has 2 heterocycles. The summed E-state index contributed by atoms with van der Waals surface area (Å²) in [5.74, 6) is -6.71. The van der Waals surface area contributed by atoms with E-state index < -0.39 is 109 Å². The van der Waals surface area contributed by atoms with E-state index in [0.717, 1.165) is 9.80 Å². The second kappa shape index (κ2) is 20.6. The van der Waals surface area contributed by atoms with Crippen LogP contribution in [0.1, 0.15) is 70.0 Å². The van der Waals surface area contributed by atoms with Gasteiger partial charge < -0.3 is 57.0 Å². The van der Waals surface area contributed by atoms with Crippen LogP contribution in [0.15, 0.2) is 36.4 Å². The molecule has 9 N–H and O–H groups in total. The van der Waals surface area contributed by atoms with Crippen LogP contribution in [0.5, 0.6) is 11.5 Å². The van der Waals surface area contributed by atoms with E-state index >= 15 is 0 Å². The molecule has 0 saturated carbocycles. The quantitative estimate of drug-likeness (QED) is 0.108. The first-order valence-electron chi connectivity index (χ1n) is 19.9. The third kappa shape index (κ3) is 11.4. The zero-order valence-electron chi connectivity index (χ0n) is 34.7. The summed E-state index contributed by atoms with van der Waals surface area (Å²) < 4.78 is 0. The molecule has 4 rings (SSSR count). The molecule has 61 heavy (non-hydrogen) atoms. The molecule has 1 unspecified atom stereocenters. The van der Waals surface area contributed by atoms with Gasteiger partial charge in [0.1, 0.15) is 41.7 Å². The molecule has 330 valence electrons. The van der Waals surface area contributed by atoms with Gasteiger partial charge in [0.15, 0.2) is 5.78 Å². The average molecular weight is 851 g/mol. The van der Waals surface area contributed by atoms with Gasteiger partial charge in [-0.2, -0.15) is 0 Å². The van der Waals surface area contributed by atoms with Crippen LogP contribution in [0.3, 0.4) is 0 Å². The molecule has 0 spiro atoms. The maximum atomic E-state index is 14.1. The molecule has 20 nitrogen and oxygen atoms in total. The Morgan fingerprint density at radius 2 is 1.59 bits per heavy atom. The number of phenolic OH excluding ortho intramolecular Hbond substituents is 2. The van der Waals surface area contributed by atoms with Crippen LogP contribution in [0.25, 0.3) is 11.1 Å². The molecule has 0 aromatic heterocycles. The van der Waals surface area contributed by atoms with Gasteiger partial charge in [0.05, 0.1) is 19.2 Å². The van der Waals surface area contributed by atoms with Crippen LogP contribution >= 0.6 is 0 Å². The van der Waals surface area contributed by atoms with Crippen molar-refractivity contribution in [2.24, 2.45) is 5.73 Å². The van der Waals surface area contributed by atoms with E-state index in [-0.39, 0.29) is 54.0 Å². The number of carbonyl (C=O) groups excluding carboxylic acids is 9. The lowest BCUT2D eigenvalue weighted by molar-refractivity contribution is -0.142. The molecule has 1 fully saturated rings. The summed E-state index contributed by atoms with van der Waals surface area (Å²) in [5, 5.41) is 41.8. The minimum absolute atomic E-state index is 0.0538. The SMILES string of the molecule is CCC(=O)N(C)[C@H](CO)C(=O)N[C@H](C)C(=O)CCC(=O)N(C)[C@@H]1C(=O)N[C@@H](C)C(=O)N[C@H](C(=O)NCC(=O)N2CCCC2C(N)=O)Cc2ccc(O)c(c2)-c2cc1ccc2O. The van der Waals surface area contributed by atoms with E-state index in [1.807, 2.05) is 0 Å². The monoisotopic (exact) mass is 850 g/mol. The number of likely N-dealkylation sites (tertiary alicyclic amines) is 1. The summed E-state index contributed by atoms with van der Waals surface area (Å²) in [7, 11) is 2.64. The van der Waals surface area contributed by atoms with Crippen LogP contribution in [-0.2, 0) is 49.6 Å². The number of ketones is 1. The molecule has 2 aromatic carbocycles. The van der Waals surface area contributed by atoms with Crippen LogP contribution < -0.4 is 27.0 Å². The topological polar surface area (TPSA) is 298 Å². The first-order chi connectivity index (χ1) is 28.8. The maximum Gasteiger partial charge on any atom is 0.248 e. The van der Waals surface area contributed by atoms with Crippen molar-refractivity contribution in [3.63, 3.8) is 0 Å². The van der Waals surface area contributed by atoms with Gasteiger partial charge in [-0.3, -0.25) is 43.2 Å². The first kappa shape index (κ1) is 47.1. The Bertz CT molecular complexity index is 2060. The van der Waals surface area contributed by atoms with Crippen LogP contribution in [0, 0.1) is 0 Å². The number of phenols is 2. The van der Waals surface area contributed by atoms with Crippen LogP contribution in [-0.4, -0.2) is 147 Å². The Kier molecular flexibility index (Phi) is 15.9. The number of primary amides is 1. The standard InChI is InChI=1S/C41H54N8O12/c1-6-33(54)47(4)29(20-50)40(60)44-21(2)30(51)13-14-34(55)48(5)36-24-10-12-32(53)26(18-24)25-16-23(9-11-31(25)52)17-27(46-38(58)22(3)45-41(36)61)39(59)43-19-35(56)49-15-7-8-28(49)37(42)57/h9-12,16,18,21-22,27-29,36,50,52-53H,6-8,13-15,17,19-20H2,1-5H3,(H2,42,57)(H,43,59)(H,44,60)(H,45,61)(H,46,58)/t21-,22+,27+,28?,29-,36+/m1/s1. The lowest BCUT2D eigenvalue weighted by Gasteiger charge is -2.30. The lowest BCUT2D eigenvalue weighted by atomic mass is 9.93. The number of hydrogen-bond acceptors (Lipinski definition) is 12. The predicted octanol–water partition coefficient (Wildman–Crippen LogP) is -1.51. The van der Waals surface area contributed by atoms with Gasteiger partial charge in [-0.15, -0.1) is 0 Å². The Morgan fingerprint density at radius 3 is 2.23 bits per heavy atom. The average Bonchev–Trinajstić information content (AvgIpc) is 3.73. The van der Waals surface area contributed by atoms with Crippen molar-refractivity contribution in [3.8, 4) is 22.6 Å². The van der Waals surface area contributed by atoms with Crippen molar-refractivity contribution < 1.29 is 58.5 Å². The van der Waals surface area contributed by atoms with Gasteiger partial charge >= 0.3 is 0 Å². The number of amides is 8. The third-order valence-electron chi connectivity index (χ3n) is 10.9. The van der Waals surface area contributed by atoms with Crippen molar-refractivity contribution in [1.29, 1.82) is 0 Å². The third-order valence-corrected chi connectivity index (χ3v) is 10.9. The second-order valence-electron chi connectivity index (χ2n) is 15.1. The Balaban J connectivity index is 1.58. The largest absolute Gasteiger partial charge is 0.507 e. The number of fused-ring (bicyclic) bond motifs is 5. The molecular formula is C41H54N8O12.